The van der Waals surface area contributed by atoms with Gasteiger partial charge in [0.2, 0.25) is 0 Å². The first kappa shape index (κ1) is 8.32. The Morgan fingerprint density at radius 2 is 2.08 bits per heavy atom. The molecule has 2 nitrogen and oxygen atoms in total. The number of hydrogen-bond donors (Lipinski definition) is 2. The molecular formula is C11H13NO. The number of H-pyrrole nitrogens is 1. The molecule has 2 N–H and O–H groups in total. The average Bonchev–Trinajstić information content (AvgIpc) is 2.47. The molecule has 0 atom stereocenters. The van der Waals surface area contributed by atoms with Crippen LogP contribution in [-0.4, -0.2) is 10.1 Å². The molecule has 1 heterocycles. The first-order chi connectivity index (χ1) is 6.22. The molecule has 0 unspecified atom stereocenters. The number of aromatic amines is 1. The van der Waals surface area contributed by atoms with Crippen molar-refractivity contribution >= 4 is 10.9 Å². The van der Waals surface area contributed by atoms with Crippen LogP contribution in [0, 0.1) is 13.8 Å². The van der Waals surface area contributed by atoms with Gasteiger partial charge in [0.15, 0.2) is 0 Å². The summed E-state index contributed by atoms with van der Waals surface area (Å²) >= 11 is 0. The van der Waals surface area contributed by atoms with E-state index in [2.05, 4.69) is 31.0 Å². The molecule has 1 aromatic heterocycles. The second-order valence-corrected chi connectivity index (χ2v) is 3.48. The van der Waals surface area contributed by atoms with E-state index in [1.807, 2.05) is 6.20 Å². The number of rotatable bonds is 1. The third kappa shape index (κ3) is 1.23. The van der Waals surface area contributed by atoms with E-state index < -0.39 is 0 Å². The maximum atomic E-state index is 9.10. The Hall–Kier alpha value is -1.28. The number of aryl methyl sites for hydroxylation is 2. The van der Waals surface area contributed by atoms with E-state index in [-0.39, 0.29) is 6.61 Å². The van der Waals surface area contributed by atoms with Gasteiger partial charge in [-0.2, -0.15) is 0 Å². The fourth-order valence-corrected chi connectivity index (χ4v) is 1.87. The van der Waals surface area contributed by atoms with Gasteiger partial charge in [-0.3, -0.25) is 0 Å². The van der Waals surface area contributed by atoms with Crippen molar-refractivity contribution in [2.75, 3.05) is 0 Å². The van der Waals surface area contributed by atoms with Crippen molar-refractivity contribution < 1.29 is 5.11 Å². The highest BCUT2D eigenvalue weighted by Crippen LogP contribution is 2.23. The highest BCUT2D eigenvalue weighted by molar-refractivity contribution is 5.87. The zero-order chi connectivity index (χ0) is 9.42. The van der Waals surface area contributed by atoms with Crippen LogP contribution in [0.4, 0.5) is 0 Å². The molecule has 0 aliphatic carbocycles. The highest BCUT2D eigenvalue weighted by atomic mass is 16.3. The lowest BCUT2D eigenvalue weighted by atomic mass is 10.1. The predicted octanol–water partition coefficient (Wildman–Crippen LogP) is 2.28. The van der Waals surface area contributed by atoms with Gasteiger partial charge in [0.25, 0.3) is 0 Å². The first-order valence-corrected chi connectivity index (χ1v) is 4.40. The topological polar surface area (TPSA) is 36.0 Å². The number of fused-ring (bicyclic) bond motifs is 1. The minimum atomic E-state index is 0.101. The Balaban J connectivity index is 2.82. The molecule has 0 fully saturated rings. The summed E-state index contributed by atoms with van der Waals surface area (Å²) in [5.41, 5.74) is 4.56. The van der Waals surface area contributed by atoms with Gasteiger partial charge in [0, 0.05) is 22.7 Å². The molecule has 0 radical (unpaired) electrons. The molecule has 1 aromatic carbocycles. The van der Waals surface area contributed by atoms with Crippen molar-refractivity contribution in [3.05, 3.63) is 35.0 Å². The van der Waals surface area contributed by atoms with E-state index in [1.165, 1.54) is 11.1 Å². The Kier molecular flexibility index (Phi) is 1.85. The van der Waals surface area contributed by atoms with Gasteiger partial charge >= 0.3 is 0 Å². The SMILES string of the molecule is Cc1cc(C)c2c(CO)c[nH]c2c1. The molecule has 0 spiro atoms. The van der Waals surface area contributed by atoms with E-state index in [1.54, 1.807) is 0 Å². The van der Waals surface area contributed by atoms with Crippen LogP contribution >= 0.6 is 0 Å². The van der Waals surface area contributed by atoms with E-state index in [9.17, 15) is 0 Å². The van der Waals surface area contributed by atoms with E-state index in [0.717, 1.165) is 16.5 Å². The smallest absolute Gasteiger partial charge is 0.0702 e. The largest absolute Gasteiger partial charge is 0.392 e. The second kappa shape index (κ2) is 2.89. The molecule has 0 saturated carbocycles. The van der Waals surface area contributed by atoms with Crippen molar-refractivity contribution in [1.29, 1.82) is 0 Å². The lowest BCUT2D eigenvalue weighted by molar-refractivity contribution is 0.283. The van der Waals surface area contributed by atoms with Crippen LogP contribution in [0.3, 0.4) is 0 Å². The zero-order valence-corrected chi connectivity index (χ0v) is 7.89. The second-order valence-electron chi connectivity index (χ2n) is 3.48. The van der Waals surface area contributed by atoms with Gasteiger partial charge < -0.3 is 10.1 Å². The quantitative estimate of drug-likeness (QED) is 0.685. The number of aliphatic hydroxyl groups is 1. The van der Waals surface area contributed by atoms with Crippen LogP contribution in [0.25, 0.3) is 10.9 Å². The van der Waals surface area contributed by atoms with E-state index in [0.29, 0.717) is 0 Å². The summed E-state index contributed by atoms with van der Waals surface area (Å²) in [6, 6.07) is 4.23. The summed E-state index contributed by atoms with van der Waals surface area (Å²) in [5, 5.41) is 10.3. The molecule has 2 aromatic rings. The third-order valence-corrected chi connectivity index (χ3v) is 2.37. The molecule has 2 heteroatoms. The van der Waals surface area contributed by atoms with E-state index in [4.69, 9.17) is 5.11 Å². The molecule has 0 aliphatic heterocycles. The van der Waals surface area contributed by atoms with Crippen molar-refractivity contribution in [3.8, 4) is 0 Å². The van der Waals surface area contributed by atoms with Gasteiger partial charge in [-0.15, -0.1) is 0 Å². The maximum absolute atomic E-state index is 9.10. The number of nitrogens with one attached hydrogen (secondary N) is 1. The molecule has 68 valence electrons. The Labute approximate surface area is 77.2 Å². The van der Waals surface area contributed by atoms with Crippen LogP contribution in [-0.2, 0) is 6.61 Å². The molecule has 0 saturated heterocycles. The molecule has 0 aliphatic rings. The summed E-state index contributed by atoms with van der Waals surface area (Å²) in [6.45, 7) is 4.25. The van der Waals surface area contributed by atoms with Crippen molar-refractivity contribution in [3.63, 3.8) is 0 Å². The minimum absolute atomic E-state index is 0.101. The van der Waals surface area contributed by atoms with Crippen LogP contribution in [0.2, 0.25) is 0 Å². The van der Waals surface area contributed by atoms with Crippen LogP contribution in [0.15, 0.2) is 18.3 Å². The molecule has 0 amide bonds. The number of aromatic nitrogens is 1. The van der Waals surface area contributed by atoms with Crippen molar-refractivity contribution in [1.82, 2.24) is 4.98 Å². The van der Waals surface area contributed by atoms with Crippen molar-refractivity contribution in [2.24, 2.45) is 0 Å². The fourth-order valence-electron chi connectivity index (χ4n) is 1.87. The molecule has 0 bridgehead atoms. The molecular weight excluding hydrogens is 162 g/mol. The third-order valence-electron chi connectivity index (χ3n) is 2.37. The molecule has 2 rings (SSSR count). The molecule has 13 heavy (non-hydrogen) atoms. The maximum Gasteiger partial charge on any atom is 0.0702 e. The standard InChI is InChI=1S/C11H13NO/c1-7-3-8(2)11-9(6-13)5-12-10(11)4-7/h3-5,12-13H,6H2,1-2H3. The Morgan fingerprint density at radius 1 is 1.31 bits per heavy atom. The van der Waals surface area contributed by atoms with E-state index >= 15 is 0 Å². The van der Waals surface area contributed by atoms with Gasteiger partial charge in [-0.1, -0.05) is 6.07 Å². The summed E-state index contributed by atoms with van der Waals surface area (Å²) in [5.74, 6) is 0. The average molecular weight is 175 g/mol. The lowest BCUT2D eigenvalue weighted by Gasteiger charge is -2.00. The van der Waals surface area contributed by atoms with Crippen LogP contribution in [0.1, 0.15) is 16.7 Å². The predicted molar refractivity (Wildman–Crippen MR) is 53.7 cm³/mol. The lowest BCUT2D eigenvalue weighted by Crippen LogP contribution is -1.83. The minimum Gasteiger partial charge on any atom is -0.392 e. The van der Waals surface area contributed by atoms with Crippen LogP contribution < -0.4 is 0 Å². The Morgan fingerprint density at radius 3 is 2.77 bits per heavy atom. The van der Waals surface area contributed by atoms with Gasteiger partial charge in [-0.05, 0) is 31.0 Å². The first-order valence-electron chi connectivity index (χ1n) is 4.40. The van der Waals surface area contributed by atoms with Crippen molar-refractivity contribution in [2.45, 2.75) is 20.5 Å². The monoisotopic (exact) mass is 175 g/mol. The number of benzene rings is 1. The number of aliphatic hydroxyl groups excluding tert-OH is 1. The summed E-state index contributed by atoms with van der Waals surface area (Å²) in [6.07, 6.45) is 1.87. The summed E-state index contributed by atoms with van der Waals surface area (Å²) in [7, 11) is 0. The number of hydrogen-bond acceptors (Lipinski definition) is 1. The summed E-state index contributed by atoms with van der Waals surface area (Å²) < 4.78 is 0. The zero-order valence-electron chi connectivity index (χ0n) is 7.89. The normalized spacial score (nSPS) is 11.0. The Bertz CT molecular complexity index is 443. The highest BCUT2D eigenvalue weighted by Gasteiger charge is 2.05. The van der Waals surface area contributed by atoms with Gasteiger partial charge in [-0.25, -0.2) is 0 Å². The summed E-state index contributed by atoms with van der Waals surface area (Å²) in [4.78, 5) is 3.16. The van der Waals surface area contributed by atoms with Gasteiger partial charge in [0.1, 0.15) is 0 Å². The fraction of sp³-hybridized carbons (Fsp3) is 0.273. The van der Waals surface area contributed by atoms with Gasteiger partial charge in [0.05, 0.1) is 6.61 Å². The van der Waals surface area contributed by atoms with Crippen LogP contribution in [0.5, 0.6) is 0 Å².